The summed E-state index contributed by atoms with van der Waals surface area (Å²) in [7, 11) is 0. The van der Waals surface area contributed by atoms with Crippen molar-refractivity contribution in [2.45, 2.75) is 6.92 Å². The summed E-state index contributed by atoms with van der Waals surface area (Å²) < 4.78 is 0.950. The summed E-state index contributed by atoms with van der Waals surface area (Å²) in [6.07, 6.45) is 0. The average molecular weight is 287 g/mol. The quantitative estimate of drug-likeness (QED) is 0.833. The molecular formula is C10H11BrN2OS. The Morgan fingerprint density at radius 3 is 2.80 bits per heavy atom. The van der Waals surface area contributed by atoms with Crippen molar-refractivity contribution in [3.05, 3.63) is 33.8 Å². The van der Waals surface area contributed by atoms with Crippen LogP contribution in [0.3, 0.4) is 0 Å². The lowest BCUT2D eigenvalue weighted by molar-refractivity contribution is 0.0959. The predicted octanol–water partition coefficient (Wildman–Crippen LogP) is 1.77. The molecule has 3 N–H and O–H groups in total. The van der Waals surface area contributed by atoms with E-state index < -0.39 is 0 Å². The highest BCUT2D eigenvalue weighted by Gasteiger charge is 2.08. The lowest BCUT2D eigenvalue weighted by Crippen LogP contribution is -2.32. The Balaban J connectivity index is 2.78. The van der Waals surface area contributed by atoms with Crippen molar-refractivity contribution in [1.82, 2.24) is 5.32 Å². The lowest BCUT2D eigenvalue weighted by Gasteiger charge is -2.06. The van der Waals surface area contributed by atoms with Gasteiger partial charge in [0.25, 0.3) is 5.91 Å². The molecule has 0 spiro atoms. The van der Waals surface area contributed by atoms with Gasteiger partial charge in [-0.05, 0) is 30.7 Å². The molecule has 3 nitrogen and oxygen atoms in total. The number of aryl methyl sites for hydroxylation is 1. The molecule has 5 heteroatoms. The molecule has 0 saturated heterocycles. The fraction of sp³-hybridized carbons (Fsp3) is 0.200. The lowest BCUT2D eigenvalue weighted by atomic mass is 10.1. The Morgan fingerprint density at radius 1 is 1.60 bits per heavy atom. The standard InChI is InChI=1S/C10H11BrN2OS/c1-6-4-7(11)2-3-8(6)10(14)13-5-9(12)15/h2-4H,5H2,1H3,(H2,12,15)(H,13,14). The van der Waals surface area contributed by atoms with Gasteiger partial charge in [-0.2, -0.15) is 0 Å². The molecule has 0 aliphatic rings. The van der Waals surface area contributed by atoms with Crippen LogP contribution < -0.4 is 11.1 Å². The van der Waals surface area contributed by atoms with E-state index in [2.05, 4.69) is 33.5 Å². The second kappa shape index (κ2) is 5.23. The minimum atomic E-state index is -0.159. The topological polar surface area (TPSA) is 55.1 Å². The summed E-state index contributed by atoms with van der Waals surface area (Å²) >= 11 is 8.01. The van der Waals surface area contributed by atoms with Gasteiger partial charge < -0.3 is 11.1 Å². The fourth-order valence-corrected chi connectivity index (χ4v) is 1.69. The Hall–Kier alpha value is -0.940. The van der Waals surface area contributed by atoms with Gasteiger partial charge in [-0.25, -0.2) is 0 Å². The molecule has 1 rings (SSSR count). The summed E-state index contributed by atoms with van der Waals surface area (Å²) in [5.41, 5.74) is 6.83. The largest absolute Gasteiger partial charge is 0.392 e. The van der Waals surface area contributed by atoms with Crippen LogP contribution in [0.1, 0.15) is 15.9 Å². The van der Waals surface area contributed by atoms with E-state index in [1.807, 2.05) is 19.1 Å². The molecule has 0 aliphatic carbocycles. The van der Waals surface area contributed by atoms with Crippen molar-refractivity contribution in [3.8, 4) is 0 Å². The maximum Gasteiger partial charge on any atom is 0.251 e. The van der Waals surface area contributed by atoms with Crippen LogP contribution >= 0.6 is 28.1 Å². The Labute approximate surface area is 102 Å². The minimum absolute atomic E-state index is 0.159. The first-order chi connectivity index (χ1) is 7.00. The van der Waals surface area contributed by atoms with E-state index in [4.69, 9.17) is 5.73 Å². The number of rotatable bonds is 3. The Bertz CT molecular complexity index is 406. The zero-order valence-corrected chi connectivity index (χ0v) is 10.6. The van der Waals surface area contributed by atoms with Crippen molar-refractivity contribution in [2.24, 2.45) is 5.73 Å². The summed E-state index contributed by atoms with van der Waals surface area (Å²) in [6.45, 7) is 2.10. The zero-order chi connectivity index (χ0) is 11.4. The van der Waals surface area contributed by atoms with Crippen molar-refractivity contribution >= 4 is 39.0 Å². The van der Waals surface area contributed by atoms with E-state index in [0.29, 0.717) is 5.56 Å². The van der Waals surface area contributed by atoms with Crippen molar-refractivity contribution in [1.29, 1.82) is 0 Å². The number of benzene rings is 1. The highest BCUT2D eigenvalue weighted by atomic mass is 79.9. The molecular weight excluding hydrogens is 276 g/mol. The van der Waals surface area contributed by atoms with E-state index >= 15 is 0 Å². The first kappa shape index (κ1) is 12.1. The minimum Gasteiger partial charge on any atom is -0.392 e. The third-order valence-corrected chi connectivity index (χ3v) is 2.49. The monoisotopic (exact) mass is 286 g/mol. The van der Waals surface area contributed by atoms with Crippen molar-refractivity contribution in [2.75, 3.05) is 6.54 Å². The molecule has 0 unspecified atom stereocenters. The first-order valence-corrected chi connectivity index (χ1v) is 5.53. The van der Waals surface area contributed by atoms with E-state index in [1.165, 1.54) is 0 Å². The van der Waals surface area contributed by atoms with Crippen LogP contribution in [-0.4, -0.2) is 17.4 Å². The SMILES string of the molecule is Cc1cc(Br)ccc1C(=O)NCC(N)=S. The second-order valence-corrected chi connectivity index (χ2v) is 4.55. The first-order valence-electron chi connectivity index (χ1n) is 4.33. The van der Waals surface area contributed by atoms with Gasteiger partial charge in [-0.3, -0.25) is 4.79 Å². The summed E-state index contributed by atoms with van der Waals surface area (Å²) in [5.74, 6) is -0.159. The summed E-state index contributed by atoms with van der Waals surface area (Å²) in [4.78, 5) is 11.9. The van der Waals surface area contributed by atoms with Crippen LogP contribution in [0.5, 0.6) is 0 Å². The van der Waals surface area contributed by atoms with Crippen molar-refractivity contribution < 1.29 is 4.79 Å². The molecule has 1 amide bonds. The molecule has 80 valence electrons. The van der Waals surface area contributed by atoms with Crippen LogP contribution in [0.15, 0.2) is 22.7 Å². The number of nitrogens with two attached hydrogens (primary N) is 1. The van der Waals surface area contributed by atoms with E-state index in [-0.39, 0.29) is 17.4 Å². The normalized spacial score (nSPS) is 9.73. The van der Waals surface area contributed by atoms with E-state index in [9.17, 15) is 4.79 Å². The molecule has 0 bridgehead atoms. The van der Waals surface area contributed by atoms with Gasteiger partial charge in [0.05, 0.1) is 11.5 Å². The molecule has 1 aromatic rings. The third-order valence-electron chi connectivity index (χ3n) is 1.86. The summed E-state index contributed by atoms with van der Waals surface area (Å²) in [5, 5.41) is 2.64. The van der Waals surface area contributed by atoms with Crippen LogP contribution in [0.25, 0.3) is 0 Å². The van der Waals surface area contributed by atoms with Gasteiger partial charge in [0.15, 0.2) is 0 Å². The van der Waals surface area contributed by atoms with Crippen LogP contribution in [-0.2, 0) is 0 Å². The summed E-state index contributed by atoms with van der Waals surface area (Å²) in [6, 6.07) is 5.46. The number of hydrogen-bond donors (Lipinski definition) is 2. The number of halogens is 1. The Morgan fingerprint density at radius 2 is 2.27 bits per heavy atom. The number of amides is 1. The molecule has 0 fully saturated rings. The Kier molecular flexibility index (Phi) is 4.23. The van der Waals surface area contributed by atoms with Gasteiger partial charge in [0.2, 0.25) is 0 Å². The fourth-order valence-electron chi connectivity index (χ4n) is 1.14. The van der Waals surface area contributed by atoms with E-state index in [0.717, 1.165) is 10.0 Å². The molecule has 0 saturated carbocycles. The average Bonchev–Trinajstić information content (AvgIpc) is 2.14. The van der Waals surface area contributed by atoms with Gasteiger partial charge in [-0.1, -0.05) is 28.1 Å². The highest BCUT2D eigenvalue weighted by molar-refractivity contribution is 9.10. The number of nitrogens with one attached hydrogen (secondary N) is 1. The number of thiocarbonyl (C=S) groups is 1. The van der Waals surface area contributed by atoms with Crippen molar-refractivity contribution in [3.63, 3.8) is 0 Å². The highest BCUT2D eigenvalue weighted by Crippen LogP contribution is 2.15. The molecule has 1 aromatic carbocycles. The molecule has 0 radical (unpaired) electrons. The third kappa shape index (κ3) is 3.60. The van der Waals surface area contributed by atoms with Gasteiger partial charge in [-0.15, -0.1) is 0 Å². The molecule has 15 heavy (non-hydrogen) atoms. The maximum absolute atomic E-state index is 11.6. The zero-order valence-electron chi connectivity index (χ0n) is 8.21. The number of carbonyl (C=O) groups is 1. The van der Waals surface area contributed by atoms with E-state index in [1.54, 1.807) is 6.07 Å². The van der Waals surface area contributed by atoms with Gasteiger partial charge in [0, 0.05) is 10.0 Å². The predicted molar refractivity (Wildman–Crippen MR) is 68.0 cm³/mol. The maximum atomic E-state index is 11.6. The molecule has 0 aliphatic heterocycles. The van der Waals surface area contributed by atoms with Gasteiger partial charge in [0.1, 0.15) is 0 Å². The van der Waals surface area contributed by atoms with Gasteiger partial charge >= 0.3 is 0 Å². The second-order valence-electron chi connectivity index (χ2n) is 3.11. The number of carbonyl (C=O) groups excluding carboxylic acids is 1. The molecule has 0 atom stereocenters. The van der Waals surface area contributed by atoms with Crippen LogP contribution in [0, 0.1) is 6.92 Å². The van der Waals surface area contributed by atoms with Crippen LogP contribution in [0.2, 0.25) is 0 Å². The number of hydrogen-bond acceptors (Lipinski definition) is 2. The smallest absolute Gasteiger partial charge is 0.251 e. The molecule has 0 aromatic heterocycles. The van der Waals surface area contributed by atoms with Crippen LogP contribution in [0.4, 0.5) is 0 Å². The molecule has 0 heterocycles.